The maximum absolute atomic E-state index is 12.4. The number of nitrogens with one attached hydrogen (secondary N) is 2. The van der Waals surface area contributed by atoms with Gasteiger partial charge in [0.25, 0.3) is 0 Å². The highest BCUT2D eigenvalue weighted by Gasteiger charge is 2.17. The molecule has 27 heavy (non-hydrogen) atoms. The predicted octanol–water partition coefficient (Wildman–Crippen LogP) is 5.51. The summed E-state index contributed by atoms with van der Waals surface area (Å²) >= 11 is 5.71. The van der Waals surface area contributed by atoms with E-state index < -0.39 is 11.7 Å². The van der Waals surface area contributed by atoms with Crippen LogP contribution in [0.5, 0.6) is 0 Å². The van der Waals surface area contributed by atoms with Crippen molar-refractivity contribution in [3.8, 4) is 11.3 Å². The number of halogens is 1. The van der Waals surface area contributed by atoms with Crippen molar-refractivity contribution in [2.75, 3.05) is 5.32 Å². The molecule has 0 saturated carbocycles. The second-order valence-corrected chi connectivity index (χ2v) is 7.31. The van der Waals surface area contributed by atoms with Gasteiger partial charge in [0.1, 0.15) is 5.60 Å². The number of ether oxygens (including phenoxy) is 1. The number of carbonyl (C=O) groups excluding carboxylic acids is 2. The summed E-state index contributed by atoms with van der Waals surface area (Å²) in [6.07, 6.45) is 1.10. The minimum absolute atomic E-state index is 0.169. The fraction of sp³-hybridized carbons (Fsp3) is 0.200. The molecule has 0 fully saturated rings. The van der Waals surface area contributed by atoms with E-state index in [4.69, 9.17) is 20.8 Å². The van der Waals surface area contributed by atoms with Crippen molar-refractivity contribution in [3.63, 3.8) is 0 Å². The second kappa shape index (κ2) is 7.32. The summed E-state index contributed by atoms with van der Waals surface area (Å²) in [6, 6.07) is 12.0. The Balaban J connectivity index is 1.70. The van der Waals surface area contributed by atoms with E-state index in [1.807, 2.05) is 12.1 Å². The highest BCUT2D eigenvalue weighted by atomic mass is 35.5. The van der Waals surface area contributed by atoms with E-state index in [1.54, 1.807) is 45.2 Å². The third-order valence-corrected chi connectivity index (χ3v) is 3.79. The number of ketones is 1. The van der Waals surface area contributed by atoms with Crippen LogP contribution in [0.4, 0.5) is 10.5 Å². The minimum atomic E-state index is -0.560. The topological polar surface area (TPSA) is 84.3 Å². The number of amides is 1. The average molecular weight is 387 g/mol. The van der Waals surface area contributed by atoms with Crippen molar-refractivity contribution in [2.24, 2.45) is 0 Å². The summed E-state index contributed by atoms with van der Waals surface area (Å²) < 4.78 is 10.4. The molecule has 0 aliphatic heterocycles. The maximum Gasteiger partial charge on any atom is 0.412 e. The molecular formula is C20H19ClN2O4. The van der Waals surface area contributed by atoms with Gasteiger partial charge in [0, 0.05) is 23.1 Å². The van der Waals surface area contributed by atoms with Crippen LogP contribution in [-0.4, -0.2) is 22.5 Å². The number of benzene rings is 1. The first-order valence-corrected chi connectivity index (χ1v) is 8.68. The van der Waals surface area contributed by atoms with Crippen LogP contribution in [0.15, 0.2) is 53.1 Å². The van der Waals surface area contributed by atoms with E-state index in [0.717, 1.165) is 11.3 Å². The third-order valence-electron chi connectivity index (χ3n) is 3.58. The van der Waals surface area contributed by atoms with Crippen molar-refractivity contribution < 1.29 is 18.7 Å². The molecule has 2 N–H and O–H groups in total. The van der Waals surface area contributed by atoms with Crippen molar-refractivity contribution in [2.45, 2.75) is 26.4 Å². The Kier molecular flexibility index (Phi) is 5.10. The SMILES string of the molecule is CC(C)(C)OC(=O)Nc1ccc(-c2cc(C(=O)c3ccc(Cl)o3)c[nH]2)cc1. The number of aromatic amines is 1. The van der Waals surface area contributed by atoms with Gasteiger partial charge in [-0.3, -0.25) is 10.1 Å². The maximum atomic E-state index is 12.4. The Labute approximate surface area is 161 Å². The first kappa shape index (κ1) is 18.8. The van der Waals surface area contributed by atoms with Gasteiger partial charge in [-0.1, -0.05) is 12.1 Å². The molecule has 0 aliphatic rings. The zero-order valence-corrected chi connectivity index (χ0v) is 15.9. The summed E-state index contributed by atoms with van der Waals surface area (Å²) in [5.74, 6) is -0.0740. The van der Waals surface area contributed by atoms with Gasteiger partial charge in [0.05, 0.1) is 0 Å². The summed E-state index contributed by atoms with van der Waals surface area (Å²) in [6.45, 7) is 5.41. The molecule has 1 aromatic carbocycles. The fourth-order valence-electron chi connectivity index (χ4n) is 2.43. The van der Waals surface area contributed by atoms with E-state index >= 15 is 0 Å². The molecule has 140 valence electrons. The molecule has 0 bridgehead atoms. The third kappa shape index (κ3) is 4.80. The lowest BCUT2D eigenvalue weighted by atomic mass is 10.1. The van der Waals surface area contributed by atoms with Gasteiger partial charge in [0.2, 0.25) is 5.78 Å². The quantitative estimate of drug-likeness (QED) is 0.579. The smallest absolute Gasteiger partial charge is 0.412 e. The average Bonchev–Trinajstić information content (AvgIpc) is 3.22. The lowest BCUT2D eigenvalue weighted by molar-refractivity contribution is 0.0635. The number of carbonyl (C=O) groups is 2. The number of H-pyrrole nitrogens is 1. The van der Waals surface area contributed by atoms with Crippen LogP contribution in [0.25, 0.3) is 11.3 Å². The van der Waals surface area contributed by atoms with Crippen LogP contribution in [-0.2, 0) is 4.74 Å². The Hall–Kier alpha value is -2.99. The second-order valence-electron chi connectivity index (χ2n) is 6.94. The van der Waals surface area contributed by atoms with Crippen LogP contribution >= 0.6 is 11.6 Å². The van der Waals surface area contributed by atoms with Crippen molar-refractivity contribution in [1.82, 2.24) is 4.98 Å². The molecule has 7 heteroatoms. The van der Waals surface area contributed by atoms with Gasteiger partial charge in [-0.2, -0.15) is 0 Å². The van der Waals surface area contributed by atoms with E-state index in [1.165, 1.54) is 12.1 Å². The molecule has 0 aliphatic carbocycles. The number of hydrogen-bond acceptors (Lipinski definition) is 4. The van der Waals surface area contributed by atoms with E-state index in [9.17, 15) is 9.59 Å². The highest BCUT2D eigenvalue weighted by Crippen LogP contribution is 2.24. The van der Waals surface area contributed by atoms with Crippen molar-refractivity contribution >= 4 is 29.2 Å². The molecule has 2 aromatic heterocycles. The van der Waals surface area contributed by atoms with E-state index in [0.29, 0.717) is 11.3 Å². The predicted molar refractivity (Wildman–Crippen MR) is 103 cm³/mol. The van der Waals surface area contributed by atoms with Gasteiger partial charge in [0.15, 0.2) is 11.0 Å². The fourth-order valence-corrected chi connectivity index (χ4v) is 2.57. The first-order valence-electron chi connectivity index (χ1n) is 8.30. The standard InChI is InChI=1S/C20H19ClN2O4/c1-20(2,3)27-19(25)23-14-6-4-12(5-7-14)15-10-13(11-22-15)18(24)16-8-9-17(21)26-16/h4-11,22H,1-3H3,(H,23,25). The molecule has 6 nitrogen and oxygen atoms in total. The summed E-state index contributed by atoms with van der Waals surface area (Å²) in [7, 11) is 0. The highest BCUT2D eigenvalue weighted by molar-refractivity contribution is 6.29. The van der Waals surface area contributed by atoms with Crippen LogP contribution < -0.4 is 5.32 Å². The number of aromatic nitrogens is 1. The first-order chi connectivity index (χ1) is 12.7. The molecule has 0 atom stereocenters. The lowest BCUT2D eigenvalue weighted by Gasteiger charge is -2.19. The van der Waals surface area contributed by atoms with E-state index in [2.05, 4.69) is 10.3 Å². The van der Waals surface area contributed by atoms with Gasteiger partial charge in [-0.15, -0.1) is 0 Å². The molecule has 1 amide bonds. The molecule has 0 radical (unpaired) electrons. The van der Waals surface area contributed by atoms with Gasteiger partial charge in [-0.25, -0.2) is 4.79 Å². The Bertz CT molecular complexity index is 965. The number of anilines is 1. The Morgan fingerprint density at radius 2 is 1.81 bits per heavy atom. The minimum Gasteiger partial charge on any atom is -0.444 e. The summed E-state index contributed by atoms with van der Waals surface area (Å²) in [5.41, 5.74) is 2.14. The normalized spacial score (nSPS) is 11.3. The van der Waals surface area contributed by atoms with Crippen LogP contribution in [0.1, 0.15) is 36.9 Å². The molecule has 3 aromatic rings. The molecule has 0 saturated heterocycles. The number of furan rings is 1. The molecule has 0 spiro atoms. The zero-order chi connectivity index (χ0) is 19.6. The molecule has 3 rings (SSSR count). The van der Waals surface area contributed by atoms with Crippen molar-refractivity contribution in [1.29, 1.82) is 0 Å². The van der Waals surface area contributed by atoms with Crippen LogP contribution in [0.3, 0.4) is 0 Å². The molecular weight excluding hydrogens is 368 g/mol. The Morgan fingerprint density at radius 1 is 1.11 bits per heavy atom. The van der Waals surface area contributed by atoms with Gasteiger partial charge >= 0.3 is 6.09 Å². The van der Waals surface area contributed by atoms with E-state index in [-0.39, 0.29) is 16.8 Å². The monoisotopic (exact) mass is 386 g/mol. The van der Waals surface area contributed by atoms with Crippen LogP contribution in [0.2, 0.25) is 5.22 Å². The summed E-state index contributed by atoms with van der Waals surface area (Å²) in [5, 5.41) is 2.84. The molecule has 0 unspecified atom stereocenters. The number of rotatable bonds is 4. The molecule has 2 heterocycles. The summed E-state index contributed by atoms with van der Waals surface area (Å²) in [4.78, 5) is 27.2. The van der Waals surface area contributed by atoms with Crippen LogP contribution in [0, 0.1) is 0 Å². The van der Waals surface area contributed by atoms with Crippen molar-refractivity contribution in [3.05, 3.63) is 65.2 Å². The largest absolute Gasteiger partial charge is 0.444 e. The zero-order valence-electron chi connectivity index (χ0n) is 15.1. The Morgan fingerprint density at radius 3 is 2.41 bits per heavy atom. The lowest BCUT2D eigenvalue weighted by Crippen LogP contribution is -2.27. The van der Waals surface area contributed by atoms with Gasteiger partial charge < -0.3 is 14.1 Å². The number of hydrogen-bond donors (Lipinski definition) is 2. The van der Waals surface area contributed by atoms with Gasteiger partial charge in [-0.05, 0) is 68.3 Å².